The fraction of sp³-hybridized carbons (Fsp3) is 0.167. The van der Waals surface area contributed by atoms with E-state index in [2.05, 4.69) is 16.4 Å². The minimum Gasteiger partial charge on any atom is -0.365 e. The summed E-state index contributed by atoms with van der Waals surface area (Å²) in [6, 6.07) is 14.5. The van der Waals surface area contributed by atoms with Gasteiger partial charge in [-0.3, -0.25) is 4.79 Å². The number of nitrogens with one attached hydrogen (secondary N) is 1. The second kappa shape index (κ2) is 5.62. The molecule has 1 aliphatic heterocycles. The molecule has 3 atom stereocenters. The van der Waals surface area contributed by atoms with Crippen LogP contribution < -0.4 is 5.32 Å². The van der Waals surface area contributed by atoms with Crippen LogP contribution in [-0.2, 0) is 4.79 Å². The van der Waals surface area contributed by atoms with Crippen molar-refractivity contribution in [3.63, 3.8) is 0 Å². The van der Waals surface area contributed by atoms with Gasteiger partial charge in [-0.1, -0.05) is 35.3 Å². The van der Waals surface area contributed by atoms with Crippen LogP contribution in [0.2, 0.25) is 10.0 Å². The van der Waals surface area contributed by atoms with Crippen molar-refractivity contribution in [2.75, 3.05) is 0 Å². The van der Waals surface area contributed by atoms with Crippen molar-refractivity contribution in [2.24, 2.45) is 10.9 Å². The summed E-state index contributed by atoms with van der Waals surface area (Å²) in [5.74, 6) is 0.249. The fourth-order valence-corrected chi connectivity index (χ4v) is 3.68. The predicted octanol–water partition coefficient (Wildman–Crippen LogP) is 3.52. The number of amides is 1. The lowest BCUT2D eigenvalue weighted by molar-refractivity contribution is -0.119. The summed E-state index contributed by atoms with van der Waals surface area (Å²) < 4.78 is 0. The molecule has 0 saturated heterocycles. The van der Waals surface area contributed by atoms with Crippen molar-refractivity contribution in [3.8, 4) is 6.07 Å². The van der Waals surface area contributed by atoms with Crippen LogP contribution in [0.15, 0.2) is 47.5 Å². The quantitative estimate of drug-likeness (QED) is 0.895. The van der Waals surface area contributed by atoms with E-state index < -0.39 is 0 Å². The molecule has 2 aliphatic rings. The first-order valence-electron chi connectivity index (χ1n) is 7.43. The third kappa shape index (κ3) is 2.47. The number of hydrogen-bond donors (Lipinski definition) is 1. The Morgan fingerprint density at radius 3 is 2.50 bits per heavy atom. The van der Waals surface area contributed by atoms with Gasteiger partial charge >= 0.3 is 0 Å². The monoisotopic (exact) mass is 355 g/mol. The Labute approximate surface area is 148 Å². The molecule has 4 rings (SSSR count). The number of carbonyl (C=O) groups is 1. The molecule has 3 unspecified atom stereocenters. The normalized spacial score (nSPS) is 24.5. The maximum Gasteiger partial charge on any atom is 0.253 e. The molecule has 118 valence electrons. The van der Waals surface area contributed by atoms with Crippen LogP contribution in [0.4, 0.5) is 0 Å². The zero-order valence-corrected chi connectivity index (χ0v) is 13.8. The van der Waals surface area contributed by atoms with E-state index >= 15 is 0 Å². The van der Waals surface area contributed by atoms with Gasteiger partial charge in [0.1, 0.15) is 5.84 Å². The van der Waals surface area contributed by atoms with E-state index in [-0.39, 0.29) is 23.8 Å². The third-order valence-electron chi connectivity index (χ3n) is 4.44. The number of benzene rings is 2. The van der Waals surface area contributed by atoms with Gasteiger partial charge in [0.05, 0.1) is 22.6 Å². The van der Waals surface area contributed by atoms with E-state index in [4.69, 9.17) is 28.5 Å². The number of hydrogen-bond acceptors (Lipinski definition) is 3. The van der Waals surface area contributed by atoms with Crippen LogP contribution in [0.1, 0.15) is 22.6 Å². The van der Waals surface area contributed by atoms with Gasteiger partial charge in [-0.15, -0.1) is 0 Å². The molecule has 0 bridgehead atoms. The van der Waals surface area contributed by atoms with Crippen molar-refractivity contribution in [2.45, 2.75) is 12.0 Å². The van der Waals surface area contributed by atoms with E-state index in [1.807, 2.05) is 12.1 Å². The first kappa shape index (κ1) is 15.2. The molecule has 1 fully saturated rings. The average Bonchev–Trinajstić information content (AvgIpc) is 3.30. The summed E-state index contributed by atoms with van der Waals surface area (Å²) in [7, 11) is 0. The van der Waals surface area contributed by atoms with Crippen LogP contribution in [0.5, 0.6) is 0 Å². The highest BCUT2D eigenvalue weighted by Crippen LogP contribution is 2.50. The molecule has 1 saturated carbocycles. The van der Waals surface area contributed by atoms with Gasteiger partial charge in [-0.25, -0.2) is 0 Å². The number of amidine groups is 1. The van der Waals surface area contributed by atoms with Crippen molar-refractivity contribution in [3.05, 3.63) is 69.2 Å². The number of nitrogens with zero attached hydrogens (tertiary/aromatic N) is 2. The molecule has 1 amide bonds. The fourth-order valence-electron chi connectivity index (χ4n) is 3.19. The highest BCUT2D eigenvalue weighted by atomic mass is 35.5. The Balaban J connectivity index is 1.60. The molecule has 0 aromatic heterocycles. The smallest absolute Gasteiger partial charge is 0.253 e. The van der Waals surface area contributed by atoms with Gasteiger partial charge in [0.15, 0.2) is 0 Å². The molecular formula is C18H11Cl2N3O. The van der Waals surface area contributed by atoms with Crippen molar-refractivity contribution < 1.29 is 4.79 Å². The first-order valence-corrected chi connectivity index (χ1v) is 8.18. The van der Waals surface area contributed by atoms with Gasteiger partial charge in [0.25, 0.3) is 5.91 Å². The zero-order chi connectivity index (χ0) is 16.8. The number of aliphatic imine (C=N–C) groups is 1. The van der Waals surface area contributed by atoms with Crippen molar-refractivity contribution in [1.82, 2.24) is 5.32 Å². The number of carbonyl (C=O) groups excluding carboxylic acids is 1. The highest BCUT2D eigenvalue weighted by Gasteiger charge is 2.58. The van der Waals surface area contributed by atoms with Gasteiger partial charge in [-0.2, -0.15) is 10.3 Å². The summed E-state index contributed by atoms with van der Waals surface area (Å²) in [5.41, 5.74) is 2.30. The Bertz CT molecular complexity index is 915. The van der Waals surface area contributed by atoms with E-state index in [1.165, 1.54) is 0 Å². The maximum atomic E-state index is 12.4. The molecule has 4 nitrogen and oxygen atoms in total. The molecule has 2 aromatic carbocycles. The minimum atomic E-state index is -0.159. The first-order chi connectivity index (χ1) is 11.6. The molecule has 1 N–H and O–H groups in total. The van der Waals surface area contributed by atoms with Gasteiger partial charge < -0.3 is 5.32 Å². The topological polar surface area (TPSA) is 65.2 Å². The summed E-state index contributed by atoms with van der Waals surface area (Å²) in [6.07, 6.45) is 0. The number of fused-ring (bicyclic) bond motifs is 1. The summed E-state index contributed by atoms with van der Waals surface area (Å²) in [4.78, 5) is 16.5. The summed E-state index contributed by atoms with van der Waals surface area (Å²) >= 11 is 12.1. The third-order valence-corrected chi connectivity index (χ3v) is 4.99. The number of rotatable bonds is 2. The van der Waals surface area contributed by atoms with Crippen LogP contribution >= 0.6 is 23.2 Å². The SMILES string of the molecule is N#Cc1ccc(C2C3NC(c4ccc(Cl)cc4Cl)=NC(=O)C32)cc1. The Morgan fingerprint density at radius 1 is 1.08 bits per heavy atom. The second-order valence-corrected chi connectivity index (χ2v) is 6.72. The number of nitriles is 1. The lowest BCUT2D eigenvalue weighted by atomic mass is 10.1. The van der Waals surface area contributed by atoms with Crippen LogP contribution in [0, 0.1) is 17.2 Å². The average molecular weight is 356 g/mol. The molecular weight excluding hydrogens is 345 g/mol. The lowest BCUT2D eigenvalue weighted by Crippen LogP contribution is -2.34. The van der Waals surface area contributed by atoms with Gasteiger partial charge in [0.2, 0.25) is 0 Å². The van der Waals surface area contributed by atoms with Gasteiger partial charge in [0, 0.05) is 22.5 Å². The standard InChI is InChI=1S/C18H11Cl2N3O/c19-11-5-6-12(13(20)7-11)17-22-16-14(15(16)18(24)23-17)10-3-1-9(8-21)2-4-10/h1-7,14-16H,(H,22,23,24). The van der Waals surface area contributed by atoms with Crippen molar-refractivity contribution in [1.29, 1.82) is 5.26 Å². The zero-order valence-electron chi connectivity index (χ0n) is 12.3. The lowest BCUT2D eigenvalue weighted by Gasteiger charge is -2.14. The molecule has 0 radical (unpaired) electrons. The molecule has 2 aromatic rings. The van der Waals surface area contributed by atoms with Crippen LogP contribution in [-0.4, -0.2) is 17.8 Å². The van der Waals surface area contributed by atoms with E-state index in [0.717, 1.165) is 5.56 Å². The molecule has 6 heteroatoms. The number of halogens is 2. The largest absolute Gasteiger partial charge is 0.365 e. The highest BCUT2D eigenvalue weighted by molar-refractivity contribution is 6.37. The summed E-state index contributed by atoms with van der Waals surface area (Å²) in [5, 5.41) is 13.2. The van der Waals surface area contributed by atoms with E-state index in [1.54, 1.807) is 30.3 Å². The molecule has 1 aliphatic carbocycles. The van der Waals surface area contributed by atoms with E-state index in [9.17, 15) is 4.79 Å². The minimum absolute atomic E-state index is 0.00433. The molecule has 1 heterocycles. The maximum absolute atomic E-state index is 12.4. The summed E-state index contributed by atoms with van der Waals surface area (Å²) in [6.45, 7) is 0. The Morgan fingerprint density at radius 2 is 1.83 bits per heavy atom. The Kier molecular flexibility index (Phi) is 3.56. The van der Waals surface area contributed by atoms with E-state index in [0.29, 0.717) is 27.0 Å². The Hall–Kier alpha value is -2.35. The predicted molar refractivity (Wildman–Crippen MR) is 92.3 cm³/mol. The molecule has 0 spiro atoms. The van der Waals surface area contributed by atoms with Crippen molar-refractivity contribution >= 4 is 34.9 Å². The molecule has 24 heavy (non-hydrogen) atoms. The van der Waals surface area contributed by atoms with Crippen LogP contribution in [0.25, 0.3) is 0 Å². The second-order valence-electron chi connectivity index (χ2n) is 5.88. The van der Waals surface area contributed by atoms with Gasteiger partial charge in [-0.05, 0) is 35.9 Å². The van der Waals surface area contributed by atoms with Crippen LogP contribution in [0.3, 0.4) is 0 Å².